The zero-order chi connectivity index (χ0) is 13.0. The number of aryl methyl sites for hydroxylation is 1. The monoisotopic (exact) mass is 244 g/mol. The van der Waals surface area contributed by atoms with E-state index in [1.165, 1.54) is 11.1 Å². The summed E-state index contributed by atoms with van der Waals surface area (Å²) in [6, 6.07) is 10.5. The zero-order valence-electron chi connectivity index (χ0n) is 11.0. The first kappa shape index (κ1) is 12.6. The summed E-state index contributed by atoms with van der Waals surface area (Å²) in [6.07, 6.45) is 1.06. The van der Waals surface area contributed by atoms with Crippen LogP contribution in [0.4, 0.5) is 5.82 Å². The molecule has 18 heavy (non-hydrogen) atoms. The Labute approximate surface area is 108 Å². The highest BCUT2D eigenvalue weighted by Crippen LogP contribution is 2.07. The summed E-state index contributed by atoms with van der Waals surface area (Å²) in [5, 5.41) is 6.85. The number of nitrogens with zero attached hydrogens (tertiary/aromatic N) is 2. The van der Waals surface area contributed by atoms with Gasteiger partial charge in [-0.1, -0.05) is 29.8 Å². The normalized spacial score (nSPS) is 11.1. The Kier molecular flexibility index (Phi) is 3.99. The van der Waals surface area contributed by atoms with Crippen molar-refractivity contribution in [2.75, 3.05) is 19.3 Å². The van der Waals surface area contributed by atoms with Crippen molar-refractivity contribution in [3.8, 4) is 0 Å². The van der Waals surface area contributed by atoms with Crippen molar-refractivity contribution in [2.24, 2.45) is 0 Å². The molecule has 0 saturated carbocycles. The van der Waals surface area contributed by atoms with Crippen molar-refractivity contribution in [1.82, 2.24) is 15.1 Å². The molecule has 2 aromatic rings. The summed E-state index contributed by atoms with van der Waals surface area (Å²) in [6.45, 7) is 3.99. The Hall–Kier alpha value is -1.81. The van der Waals surface area contributed by atoms with E-state index in [1.54, 1.807) is 0 Å². The van der Waals surface area contributed by atoms with Crippen LogP contribution < -0.4 is 5.73 Å². The Morgan fingerprint density at radius 1 is 1.33 bits per heavy atom. The van der Waals surface area contributed by atoms with Gasteiger partial charge < -0.3 is 10.6 Å². The van der Waals surface area contributed by atoms with Crippen LogP contribution in [0.25, 0.3) is 0 Å². The Morgan fingerprint density at radius 3 is 2.83 bits per heavy atom. The molecule has 0 saturated heterocycles. The molecule has 0 fully saturated rings. The lowest BCUT2D eigenvalue weighted by molar-refractivity contribution is 0.327. The van der Waals surface area contributed by atoms with Gasteiger partial charge in [0, 0.05) is 19.2 Å². The standard InChI is InChI=1S/C14H20N4/c1-11-4-3-5-12(8-11)6-7-18(2)10-13-9-14(15)17-16-13/h3-5,8-9H,6-7,10H2,1-2H3,(H3,15,16,17). The molecule has 0 unspecified atom stereocenters. The summed E-state index contributed by atoms with van der Waals surface area (Å²) in [5.41, 5.74) is 9.33. The van der Waals surface area contributed by atoms with Crippen molar-refractivity contribution in [1.29, 1.82) is 0 Å². The number of aromatic amines is 1. The van der Waals surface area contributed by atoms with E-state index in [1.807, 2.05) is 6.07 Å². The van der Waals surface area contributed by atoms with Gasteiger partial charge >= 0.3 is 0 Å². The first-order valence-electron chi connectivity index (χ1n) is 6.17. The summed E-state index contributed by atoms with van der Waals surface area (Å²) in [4.78, 5) is 2.26. The van der Waals surface area contributed by atoms with Gasteiger partial charge in [-0.15, -0.1) is 0 Å². The van der Waals surface area contributed by atoms with Crippen LogP contribution in [0.15, 0.2) is 30.3 Å². The quantitative estimate of drug-likeness (QED) is 0.845. The number of benzene rings is 1. The van der Waals surface area contributed by atoms with Crippen molar-refractivity contribution in [3.63, 3.8) is 0 Å². The third kappa shape index (κ3) is 3.60. The number of hydrogen-bond donors (Lipinski definition) is 2. The van der Waals surface area contributed by atoms with E-state index < -0.39 is 0 Å². The molecule has 4 heteroatoms. The van der Waals surface area contributed by atoms with E-state index in [0.29, 0.717) is 5.82 Å². The Morgan fingerprint density at radius 2 is 2.17 bits per heavy atom. The third-order valence-electron chi connectivity index (χ3n) is 2.96. The lowest BCUT2D eigenvalue weighted by atomic mass is 10.1. The average Bonchev–Trinajstić information content (AvgIpc) is 2.72. The number of anilines is 1. The number of nitrogens with two attached hydrogens (primary N) is 1. The number of nitrogens with one attached hydrogen (secondary N) is 1. The summed E-state index contributed by atoms with van der Waals surface area (Å²) in [7, 11) is 2.10. The number of rotatable bonds is 5. The topological polar surface area (TPSA) is 57.9 Å². The van der Waals surface area contributed by atoms with Gasteiger partial charge in [-0.2, -0.15) is 5.10 Å². The molecule has 96 valence electrons. The van der Waals surface area contributed by atoms with Crippen LogP contribution in [0.5, 0.6) is 0 Å². The highest BCUT2D eigenvalue weighted by molar-refractivity contribution is 5.28. The van der Waals surface area contributed by atoms with Crippen molar-refractivity contribution >= 4 is 5.82 Å². The highest BCUT2D eigenvalue weighted by Gasteiger charge is 2.03. The molecule has 3 N–H and O–H groups in total. The van der Waals surface area contributed by atoms with E-state index in [2.05, 4.69) is 53.3 Å². The lowest BCUT2D eigenvalue weighted by Crippen LogP contribution is -2.20. The van der Waals surface area contributed by atoms with Gasteiger partial charge in [-0.25, -0.2) is 0 Å². The number of hydrogen-bond acceptors (Lipinski definition) is 3. The van der Waals surface area contributed by atoms with Crippen LogP contribution in [-0.4, -0.2) is 28.7 Å². The van der Waals surface area contributed by atoms with Crippen LogP contribution in [-0.2, 0) is 13.0 Å². The van der Waals surface area contributed by atoms with E-state index in [-0.39, 0.29) is 0 Å². The minimum Gasteiger partial charge on any atom is -0.382 e. The van der Waals surface area contributed by atoms with Crippen LogP contribution >= 0.6 is 0 Å². The Bertz CT molecular complexity index is 504. The van der Waals surface area contributed by atoms with Crippen molar-refractivity contribution < 1.29 is 0 Å². The smallest absolute Gasteiger partial charge is 0.145 e. The lowest BCUT2D eigenvalue weighted by Gasteiger charge is -2.15. The molecule has 0 aliphatic heterocycles. The third-order valence-corrected chi connectivity index (χ3v) is 2.96. The maximum absolute atomic E-state index is 5.58. The van der Waals surface area contributed by atoms with Crippen molar-refractivity contribution in [2.45, 2.75) is 19.9 Å². The molecule has 0 atom stereocenters. The van der Waals surface area contributed by atoms with Gasteiger partial charge in [0.15, 0.2) is 0 Å². The zero-order valence-corrected chi connectivity index (χ0v) is 11.0. The van der Waals surface area contributed by atoms with Gasteiger partial charge in [0.1, 0.15) is 5.82 Å². The second-order valence-electron chi connectivity index (χ2n) is 4.79. The van der Waals surface area contributed by atoms with Crippen molar-refractivity contribution in [3.05, 3.63) is 47.2 Å². The van der Waals surface area contributed by atoms with E-state index >= 15 is 0 Å². The molecular weight excluding hydrogens is 224 g/mol. The first-order valence-corrected chi connectivity index (χ1v) is 6.17. The van der Waals surface area contributed by atoms with E-state index in [9.17, 15) is 0 Å². The summed E-state index contributed by atoms with van der Waals surface area (Å²) in [5.74, 6) is 0.553. The van der Waals surface area contributed by atoms with Crippen LogP contribution in [0, 0.1) is 6.92 Å². The fraction of sp³-hybridized carbons (Fsp3) is 0.357. The molecule has 1 aromatic heterocycles. The predicted molar refractivity (Wildman–Crippen MR) is 74.2 cm³/mol. The van der Waals surface area contributed by atoms with Gasteiger partial charge in [0.2, 0.25) is 0 Å². The first-order chi connectivity index (χ1) is 8.63. The maximum Gasteiger partial charge on any atom is 0.145 e. The SMILES string of the molecule is Cc1cccc(CCN(C)Cc2cc(N)n[nH]2)c1. The fourth-order valence-corrected chi connectivity index (χ4v) is 2.02. The number of nitrogen functional groups attached to an aromatic ring is 1. The van der Waals surface area contributed by atoms with Gasteiger partial charge in [-0.3, -0.25) is 5.10 Å². The molecule has 0 aliphatic rings. The molecule has 0 amide bonds. The van der Waals surface area contributed by atoms with Gasteiger partial charge in [-0.05, 0) is 26.0 Å². The fourth-order valence-electron chi connectivity index (χ4n) is 2.02. The van der Waals surface area contributed by atoms with E-state index in [4.69, 9.17) is 5.73 Å². The molecule has 1 heterocycles. The van der Waals surface area contributed by atoms with Gasteiger partial charge in [0.25, 0.3) is 0 Å². The van der Waals surface area contributed by atoms with Crippen LogP contribution in [0.2, 0.25) is 0 Å². The molecule has 1 aromatic carbocycles. The predicted octanol–water partition coefficient (Wildman–Crippen LogP) is 1.97. The maximum atomic E-state index is 5.58. The highest BCUT2D eigenvalue weighted by atomic mass is 15.2. The molecule has 0 aliphatic carbocycles. The molecule has 0 radical (unpaired) electrons. The molecule has 2 rings (SSSR count). The molecule has 4 nitrogen and oxygen atoms in total. The number of likely N-dealkylation sites (N-methyl/N-ethyl adjacent to an activating group) is 1. The summed E-state index contributed by atoms with van der Waals surface area (Å²) >= 11 is 0. The molecule has 0 spiro atoms. The second kappa shape index (κ2) is 5.69. The summed E-state index contributed by atoms with van der Waals surface area (Å²) < 4.78 is 0. The average molecular weight is 244 g/mol. The van der Waals surface area contributed by atoms with Gasteiger partial charge in [0.05, 0.1) is 5.69 Å². The number of H-pyrrole nitrogens is 1. The molecule has 0 bridgehead atoms. The minimum atomic E-state index is 0.553. The Balaban J connectivity index is 1.83. The number of aromatic nitrogens is 2. The molecular formula is C14H20N4. The second-order valence-corrected chi connectivity index (χ2v) is 4.79. The van der Waals surface area contributed by atoms with Crippen LogP contribution in [0.3, 0.4) is 0 Å². The van der Waals surface area contributed by atoms with Crippen LogP contribution in [0.1, 0.15) is 16.8 Å². The minimum absolute atomic E-state index is 0.553. The largest absolute Gasteiger partial charge is 0.382 e. The van der Waals surface area contributed by atoms with E-state index in [0.717, 1.165) is 25.2 Å².